The number of fused-ring (bicyclic) bond motifs is 2. The van der Waals surface area contributed by atoms with E-state index in [-0.39, 0.29) is 24.5 Å². The number of nitrogens with one attached hydrogen (secondary N) is 1. The Balaban J connectivity index is 0.00000161. The molecule has 0 amide bonds. The van der Waals surface area contributed by atoms with E-state index < -0.39 is 10.0 Å². The number of aryl methyl sites for hydroxylation is 1. The number of halogens is 1. The third-order valence-electron chi connectivity index (χ3n) is 4.50. The Hall–Kier alpha value is -0.620. The van der Waals surface area contributed by atoms with E-state index in [1.807, 2.05) is 25.1 Å². The minimum absolute atomic E-state index is 0. The molecule has 0 aromatic heterocycles. The largest absolute Gasteiger partial charge is 0.315 e. The fraction of sp³-hybridized carbons (Fsp3) is 0.600. The Kier molecular flexibility index (Phi) is 5.30. The number of sulfonamides is 1. The highest BCUT2D eigenvalue weighted by atomic mass is 35.5. The van der Waals surface area contributed by atoms with Gasteiger partial charge in [-0.25, -0.2) is 8.42 Å². The Morgan fingerprint density at radius 1 is 1.19 bits per heavy atom. The van der Waals surface area contributed by atoms with Crippen LogP contribution in [0.25, 0.3) is 0 Å². The van der Waals surface area contributed by atoms with Gasteiger partial charge in [0, 0.05) is 18.6 Å². The van der Waals surface area contributed by atoms with Crippen LogP contribution in [0.2, 0.25) is 0 Å². The van der Waals surface area contributed by atoms with E-state index in [9.17, 15) is 8.42 Å². The number of hydrogen-bond acceptors (Lipinski definition) is 3. The van der Waals surface area contributed by atoms with Gasteiger partial charge < -0.3 is 5.32 Å². The van der Waals surface area contributed by atoms with Crippen molar-refractivity contribution >= 4 is 22.4 Å². The summed E-state index contributed by atoms with van der Waals surface area (Å²) in [7, 11) is -3.37. The molecule has 21 heavy (non-hydrogen) atoms. The van der Waals surface area contributed by atoms with Crippen molar-refractivity contribution < 1.29 is 8.42 Å². The average Bonchev–Trinajstić information content (AvgIpc) is 2.72. The fourth-order valence-corrected chi connectivity index (χ4v) is 5.69. The Labute approximate surface area is 133 Å². The molecule has 2 aliphatic heterocycles. The lowest BCUT2D eigenvalue weighted by Gasteiger charge is -2.27. The van der Waals surface area contributed by atoms with E-state index in [1.54, 1.807) is 10.4 Å². The molecular formula is C15H23ClN2O2S. The highest BCUT2D eigenvalue weighted by Crippen LogP contribution is 2.34. The van der Waals surface area contributed by atoms with Crippen LogP contribution in [-0.2, 0) is 16.4 Å². The lowest BCUT2D eigenvalue weighted by Crippen LogP contribution is -2.42. The van der Waals surface area contributed by atoms with E-state index in [2.05, 4.69) is 5.32 Å². The Morgan fingerprint density at radius 2 is 1.90 bits per heavy atom. The van der Waals surface area contributed by atoms with Crippen molar-refractivity contribution in [2.75, 3.05) is 13.1 Å². The zero-order valence-electron chi connectivity index (χ0n) is 12.3. The van der Waals surface area contributed by atoms with Crippen molar-refractivity contribution in [3.05, 3.63) is 29.8 Å². The van der Waals surface area contributed by atoms with Crippen LogP contribution in [0.1, 0.15) is 31.7 Å². The lowest BCUT2D eigenvalue weighted by molar-refractivity contribution is 0.334. The molecule has 2 aliphatic rings. The van der Waals surface area contributed by atoms with Gasteiger partial charge in [-0.1, -0.05) is 25.1 Å². The molecule has 2 heterocycles. The van der Waals surface area contributed by atoms with Crippen LogP contribution in [0.5, 0.6) is 0 Å². The quantitative estimate of drug-likeness (QED) is 0.924. The van der Waals surface area contributed by atoms with Crippen molar-refractivity contribution in [2.45, 2.75) is 49.6 Å². The highest BCUT2D eigenvalue weighted by molar-refractivity contribution is 7.89. The predicted octanol–water partition coefficient (Wildman–Crippen LogP) is 2.19. The third-order valence-corrected chi connectivity index (χ3v) is 6.60. The molecule has 0 spiro atoms. The molecule has 0 aliphatic carbocycles. The van der Waals surface area contributed by atoms with Crippen LogP contribution in [-0.4, -0.2) is 37.9 Å². The number of nitrogens with zero attached hydrogens (tertiary/aromatic N) is 1. The van der Waals surface area contributed by atoms with E-state index in [1.165, 1.54) is 0 Å². The van der Waals surface area contributed by atoms with Gasteiger partial charge in [-0.15, -0.1) is 12.4 Å². The van der Waals surface area contributed by atoms with Gasteiger partial charge in [0.15, 0.2) is 0 Å². The molecule has 1 aromatic carbocycles. The van der Waals surface area contributed by atoms with Crippen molar-refractivity contribution in [1.82, 2.24) is 9.62 Å². The van der Waals surface area contributed by atoms with Crippen LogP contribution in [0.15, 0.2) is 29.2 Å². The first-order valence-corrected chi connectivity index (χ1v) is 8.90. The summed E-state index contributed by atoms with van der Waals surface area (Å²) in [4.78, 5) is 0.501. The Bertz CT molecular complexity index is 577. The minimum Gasteiger partial charge on any atom is -0.315 e. The molecule has 2 saturated heterocycles. The zero-order valence-corrected chi connectivity index (χ0v) is 13.9. The molecule has 0 radical (unpaired) electrons. The Morgan fingerprint density at radius 3 is 2.67 bits per heavy atom. The molecule has 6 heteroatoms. The van der Waals surface area contributed by atoms with Gasteiger partial charge >= 0.3 is 0 Å². The second kappa shape index (κ2) is 6.65. The molecule has 1 aromatic rings. The van der Waals surface area contributed by atoms with Crippen molar-refractivity contribution in [3.8, 4) is 0 Å². The van der Waals surface area contributed by atoms with Gasteiger partial charge in [-0.2, -0.15) is 4.31 Å². The molecule has 1 N–H and O–H groups in total. The van der Waals surface area contributed by atoms with Crippen LogP contribution in [0.3, 0.4) is 0 Å². The van der Waals surface area contributed by atoms with E-state index >= 15 is 0 Å². The molecule has 2 bridgehead atoms. The monoisotopic (exact) mass is 330 g/mol. The van der Waals surface area contributed by atoms with Gasteiger partial charge in [-0.3, -0.25) is 0 Å². The van der Waals surface area contributed by atoms with Crippen LogP contribution >= 0.6 is 12.4 Å². The van der Waals surface area contributed by atoms with Gasteiger partial charge in [0.25, 0.3) is 0 Å². The van der Waals surface area contributed by atoms with Crippen molar-refractivity contribution in [2.24, 2.45) is 0 Å². The summed E-state index contributed by atoms with van der Waals surface area (Å²) >= 11 is 0. The maximum Gasteiger partial charge on any atom is 0.243 e. The number of benzene rings is 1. The minimum atomic E-state index is -3.37. The number of hydrogen-bond donors (Lipinski definition) is 1. The fourth-order valence-electron chi connectivity index (χ4n) is 3.49. The first-order chi connectivity index (χ1) is 9.64. The summed E-state index contributed by atoms with van der Waals surface area (Å²) in [6, 6.07) is 7.71. The molecule has 2 atom stereocenters. The molecule has 0 saturated carbocycles. The van der Waals surface area contributed by atoms with Gasteiger partial charge in [0.05, 0.1) is 4.90 Å². The molecule has 2 unspecified atom stereocenters. The molecule has 3 rings (SSSR count). The van der Waals surface area contributed by atoms with Crippen molar-refractivity contribution in [1.29, 1.82) is 0 Å². The SMILES string of the molecule is CCc1ccccc1S(=O)(=O)N1C2CCNCC1CC2.Cl. The van der Waals surface area contributed by atoms with Crippen molar-refractivity contribution in [3.63, 3.8) is 0 Å². The van der Waals surface area contributed by atoms with Gasteiger partial charge in [0.2, 0.25) is 10.0 Å². The highest BCUT2D eigenvalue weighted by Gasteiger charge is 2.43. The van der Waals surface area contributed by atoms with E-state index in [4.69, 9.17) is 0 Å². The molecule has 118 valence electrons. The lowest BCUT2D eigenvalue weighted by atomic mass is 10.1. The maximum absolute atomic E-state index is 13.1. The first kappa shape index (κ1) is 16.7. The molecular weight excluding hydrogens is 308 g/mol. The van der Waals surface area contributed by atoms with Gasteiger partial charge in [-0.05, 0) is 43.9 Å². The first-order valence-electron chi connectivity index (χ1n) is 7.46. The van der Waals surface area contributed by atoms with Crippen LogP contribution < -0.4 is 5.32 Å². The van der Waals surface area contributed by atoms with Crippen LogP contribution in [0.4, 0.5) is 0 Å². The smallest absolute Gasteiger partial charge is 0.243 e. The molecule has 2 fully saturated rings. The topological polar surface area (TPSA) is 49.4 Å². The maximum atomic E-state index is 13.1. The third kappa shape index (κ3) is 2.97. The zero-order chi connectivity index (χ0) is 14.2. The normalized spacial score (nSPS) is 26.1. The van der Waals surface area contributed by atoms with Crippen LogP contribution in [0, 0.1) is 0 Å². The van der Waals surface area contributed by atoms with E-state index in [0.717, 1.165) is 44.3 Å². The number of rotatable bonds is 3. The summed E-state index contributed by atoms with van der Waals surface area (Å²) in [6.07, 6.45) is 3.64. The second-order valence-corrected chi connectivity index (χ2v) is 7.49. The standard InChI is InChI=1S/C15H22N2O2S.ClH/c1-2-12-5-3-4-6-15(12)20(18,19)17-13-7-8-14(17)11-16-10-9-13;/h3-6,13-14,16H,2,7-11H2,1H3;1H. The average molecular weight is 331 g/mol. The summed E-state index contributed by atoms with van der Waals surface area (Å²) in [5.74, 6) is 0. The van der Waals surface area contributed by atoms with Gasteiger partial charge in [0.1, 0.15) is 0 Å². The second-order valence-electron chi connectivity index (χ2n) is 5.67. The summed E-state index contributed by atoms with van der Waals surface area (Å²) in [6.45, 7) is 3.71. The summed E-state index contributed by atoms with van der Waals surface area (Å²) in [5, 5.41) is 3.35. The predicted molar refractivity (Wildman–Crippen MR) is 86.4 cm³/mol. The summed E-state index contributed by atoms with van der Waals surface area (Å²) in [5.41, 5.74) is 0.920. The summed E-state index contributed by atoms with van der Waals surface area (Å²) < 4.78 is 28.0. The van der Waals surface area contributed by atoms with E-state index in [0.29, 0.717) is 4.90 Å². The molecule has 4 nitrogen and oxygen atoms in total.